The lowest BCUT2D eigenvalue weighted by Crippen LogP contribution is -2.54. The number of hydrogen-bond donors (Lipinski definition) is 1. The molecule has 2 rings (SSSR count). The Morgan fingerprint density at radius 2 is 2.00 bits per heavy atom. The number of rotatable bonds is 7. The first-order valence-electron chi connectivity index (χ1n) is 8.56. The number of nitrogens with one attached hydrogen (secondary N) is 1. The van der Waals surface area contributed by atoms with E-state index in [1.54, 1.807) is 19.9 Å². The molecule has 1 atom stereocenters. The number of nitro groups is 1. The number of nitrogens with zero attached hydrogens (tertiary/aromatic N) is 3. The second-order valence-corrected chi connectivity index (χ2v) is 8.26. The van der Waals surface area contributed by atoms with Crippen molar-refractivity contribution in [3.05, 3.63) is 46.5 Å². The standard InChI is InChI=1S/C17H24N4O5S/c1-4-7-18-17(22)14(3)19-8-10-20(11-9-19)27(25,26)16-12-15(21(23)24)6-5-13(16)2/h4-6,12,14H,1,7-11H2,2-3H3,(H,18,22). The third-order valence-corrected chi connectivity index (χ3v) is 6.66. The second-order valence-electron chi connectivity index (χ2n) is 6.36. The first-order chi connectivity index (χ1) is 12.7. The molecule has 27 heavy (non-hydrogen) atoms. The molecule has 148 valence electrons. The maximum Gasteiger partial charge on any atom is 0.270 e. The fourth-order valence-electron chi connectivity index (χ4n) is 2.94. The average Bonchev–Trinajstić information content (AvgIpc) is 2.65. The Labute approximate surface area is 158 Å². The van der Waals surface area contributed by atoms with Crippen LogP contribution in [0.15, 0.2) is 35.7 Å². The van der Waals surface area contributed by atoms with Crippen LogP contribution in [-0.4, -0.2) is 67.2 Å². The predicted octanol–water partition coefficient (Wildman–Crippen LogP) is 0.900. The summed E-state index contributed by atoms with van der Waals surface area (Å²) in [6.45, 7) is 8.53. The molecule has 1 aliphatic heterocycles. The number of carbonyl (C=O) groups is 1. The molecule has 9 nitrogen and oxygen atoms in total. The lowest BCUT2D eigenvalue weighted by Gasteiger charge is -2.36. The molecule has 10 heteroatoms. The monoisotopic (exact) mass is 396 g/mol. The van der Waals surface area contributed by atoms with Gasteiger partial charge < -0.3 is 5.32 Å². The average molecular weight is 396 g/mol. The highest BCUT2D eigenvalue weighted by atomic mass is 32.2. The predicted molar refractivity (Wildman–Crippen MR) is 101 cm³/mol. The zero-order chi connectivity index (χ0) is 20.2. The van der Waals surface area contributed by atoms with Gasteiger partial charge in [-0.25, -0.2) is 8.42 Å². The summed E-state index contributed by atoms with van der Waals surface area (Å²) in [6, 6.07) is 3.44. The summed E-state index contributed by atoms with van der Waals surface area (Å²) in [7, 11) is -3.84. The van der Waals surface area contributed by atoms with E-state index < -0.39 is 14.9 Å². The summed E-state index contributed by atoms with van der Waals surface area (Å²) in [5, 5.41) is 13.7. The lowest BCUT2D eigenvalue weighted by atomic mass is 10.2. The van der Waals surface area contributed by atoms with Crippen molar-refractivity contribution in [2.45, 2.75) is 24.8 Å². The van der Waals surface area contributed by atoms with Crippen LogP contribution in [0.1, 0.15) is 12.5 Å². The van der Waals surface area contributed by atoms with Crippen LogP contribution < -0.4 is 5.32 Å². The number of amides is 1. The number of hydrogen-bond acceptors (Lipinski definition) is 6. The maximum absolute atomic E-state index is 12.9. The van der Waals surface area contributed by atoms with Crippen LogP contribution in [0, 0.1) is 17.0 Å². The van der Waals surface area contributed by atoms with E-state index in [0.717, 1.165) is 6.07 Å². The molecule has 0 bridgehead atoms. The van der Waals surface area contributed by atoms with Gasteiger partial charge in [0.2, 0.25) is 15.9 Å². The highest BCUT2D eigenvalue weighted by Gasteiger charge is 2.33. The molecule has 0 aromatic heterocycles. The molecule has 1 saturated heterocycles. The summed E-state index contributed by atoms with van der Waals surface area (Å²) in [5.41, 5.74) is 0.200. The fourth-order valence-corrected chi connectivity index (χ4v) is 4.60. The molecule has 1 fully saturated rings. The summed E-state index contributed by atoms with van der Waals surface area (Å²) in [6.07, 6.45) is 1.59. The first kappa shape index (κ1) is 21.0. The molecule has 0 radical (unpaired) electrons. The van der Waals surface area contributed by atoms with Crippen molar-refractivity contribution in [1.82, 2.24) is 14.5 Å². The number of non-ortho nitro benzene ring substituents is 1. The van der Waals surface area contributed by atoms with Gasteiger partial charge in [0.15, 0.2) is 0 Å². The van der Waals surface area contributed by atoms with Crippen molar-refractivity contribution >= 4 is 21.6 Å². The summed E-state index contributed by atoms with van der Waals surface area (Å²) >= 11 is 0. The molecular formula is C17H24N4O5S. The van der Waals surface area contributed by atoms with Gasteiger partial charge in [0.25, 0.3) is 5.69 Å². The van der Waals surface area contributed by atoms with E-state index in [-0.39, 0.29) is 35.6 Å². The molecule has 1 amide bonds. The Balaban J connectivity index is 2.11. The molecule has 0 spiro atoms. The van der Waals surface area contributed by atoms with Crippen molar-refractivity contribution in [3.8, 4) is 0 Å². The van der Waals surface area contributed by atoms with E-state index >= 15 is 0 Å². The van der Waals surface area contributed by atoms with Gasteiger partial charge >= 0.3 is 0 Å². The van der Waals surface area contributed by atoms with Crippen molar-refractivity contribution in [3.63, 3.8) is 0 Å². The normalized spacial score (nSPS) is 17.3. The third kappa shape index (κ3) is 4.71. The van der Waals surface area contributed by atoms with E-state index in [9.17, 15) is 23.3 Å². The van der Waals surface area contributed by atoms with E-state index in [0.29, 0.717) is 25.2 Å². The number of nitro benzene ring substituents is 1. The third-order valence-electron chi connectivity index (χ3n) is 4.62. The summed E-state index contributed by atoms with van der Waals surface area (Å²) in [5.74, 6) is -0.138. The van der Waals surface area contributed by atoms with Gasteiger partial charge in [0, 0.05) is 44.9 Å². The topological polar surface area (TPSA) is 113 Å². The molecule has 0 aliphatic carbocycles. The van der Waals surface area contributed by atoms with Crippen molar-refractivity contribution in [2.24, 2.45) is 0 Å². The Morgan fingerprint density at radius 3 is 2.56 bits per heavy atom. The van der Waals surface area contributed by atoms with Crippen LogP contribution in [-0.2, 0) is 14.8 Å². The molecule has 1 aromatic carbocycles. The van der Waals surface area contributed by atoms with Crippen LogP contribution in [0.2, 0.25) is 0 Å². The maximum atomic E-state index is 12.9. The number of benzene rings is 1. The van der Waals surface area contributed by atoms with Gasteiger partial charge in [-0.2, -0.15) is 4.31 Å². The summed E-state index contributed by atoms with van der Waals surface area (Å²) < 4.78 is 27.2. The molecule has 1 unspecified atom stereocenters. The highest BCUT2D eigenvalue weighted by molar-refractivity contribution is 7.89. The fraction of sp³-hybridized carbons (Fsp3) is 0.471. The lowest BCUT2D eigenvalue weighted by molar-refractivity contribution is -0.385. The first-order valence-corrected chi connectivity index (χ1v) is 10.0. The smallest absolute Gasteiger partial charge is 0.270 e. The SMILES string of the molecule is C=CCNC(=O)C(C)N1CCN(S(=O)(=O)c2cc([N+](=O)[O-])ccc2C)CC1. The van der Waals surface area contributed by atoms with Crippen molar-refractivity contribution < 1.29 is 18.1 Å². The zero-order valence-corrected chi connectivity index (χ0v) is 16.2. The molecule has 1 aliphatic rings. The van der Waals surface area contributed by atoms with Crippen molar-refractivity contribution in [1.29, 1.82) is 0 Å². The summed E-state index contributed by atoms with van der Waals surface area (Å²) in [4.78, 5) is 24.3. The van der Waals surface area contributed by atoms with E-state index in [4.69, 9.17) is 0 Å². The van der Waals surface area contributed by atoms with Gasteiger partial charge in [-0.15, -0.1) is 6.58 Å². The van der Waals surface area contributed by atoms with E-state index in [1.165, 1.54) is 16.4 Å². The van der Waals surface area contributed by atoms with Crippen LogP contribution in [0.4, 0.5) is 5.69 Å². The second kappa shape index (κ2) is 8.59. The minimum atomic E-state index is -3.84. The number of piperazine rings is 1. The Hall–Kier alpha value is -2.30. The van der Waals surface area contributed by atoms with Gasteiger partial charge in [-0.3, -0.25) is 19.8 Å². The van der Waals surface area contributed by atoms with Crippen LogP contribution in [0.3, 0.4) is 0 Å². The largest absolute Gasteiger partial charge is 0.351 e. The van der Waals surface area contributed by atoms with E-state index in [1.807, 2.05) is 4.90 Å². The Bertz CT molecular complexity index is 832. The molecular weight excluding hydrogens is 372 g/mol. The van der Waals surface area contributed by atoms with Crippen LogP contribution in [0.5, 0.6) is 0 Å². The van der Waals surface area contributed by atoms with Crippen molar-refractivity contribution in [2.75, 3.05) is 32.7 Å². The molecule has 0 saturated carbocycles. The van der Waals surface area contributed by atoms with Gasteiger partial charge in [0.1, 0.15) is 0 Å². The zero-order valence-electron chi connectivity index (χ0n) is 15.4. The highest BCUT2D eigenvalue weighted by Crippen LogP contribution is 2.25. The van der Waals surface area contributed by atoms with E-state index in [2.05, 4.69) is 11.9 Å². The van der Waals surface area contributed by atoms with Crippen LogP contribution in [0.25, 0.3) is 0 Å². The minimum absolute atomic E-state index is 0.0538. The Morgan fingerprint density at radius 1 is 1.37 bits per heavy atom. The number of aryl methyl sites for hydroxylation is 1. The quantitative estimate of drug-likeness (QED) is 0.416. The van der Waals surface area contributed by atoms with Gasteiger partial charge in [-0.05, 0) is 19.4 Å². The molecule has 1 heterocycles. The Kier molecular flexibility index (Phi) is 6.68. The number of sulfonamides is 1. The van der Waals surface area contributed by atoms with Gasteiger partial charge in [0.05, 0.1) is 15.9 Å². The van der Waals surface area contributed by atoms with Gasteiger partial charge in [-0.1, -0.05) is 12.1 Å². The molecule has 1 aromatic rings. The molecule has 1 N–H and O–H groups in total. The van der Waals surface area contributed by atoms with Crippen LogP contribution >= 0.6 is 0 Å². The number of carbonyl (C=O) groups excluding carboxylic acids is 1. The minimum Gasteiger partial charge on any atom is -0.351 e.